The maximum Gasteiger partial charge on any atom is 0.136 e. The number of imidazole rings is 1. The molecule has 1 unspecified atom stereocenters. The van der Waals surface area contributed by atoms with Crippen molar-refractivity contribution in [1.29, 1.82) is 0 Å². The summed E-state index contributed by atoms with van der Waals surface area (Å²) >= 11 is 0. The van der Waals surface area contributed by atoms with Crippen LogP contribution in [0.5, 0.6) is 0 Å². The fraction of sp³-hybridized carbons (Fsp3) is 0.300. The average Bonchev–Trinajstić information content (AvgIpc) is 2.54. The largest absolute Gasteiger partial charge is 0.307 e. The third-order valence-electron chi connectivity index (χ3n) is 1.22. The minimum Gasteiger partial charge on any atom is -0.307 e. The van der Waals surface area contributed by atoms with Crippen LogP contribution in [0.1, 0.15) is 26.6 Å². The van der Waals surface area contributed by atoms with Gasteiger partial charge in [0.1, 0.15) is 5.82 Å². The molecule has 0 fully saturated rings. The topological polar surface area (TPSA) is 17.8 Å². The second-order valence-corrected chi connectivity index (χ2v) is 3.18. The molecule has 0 radical (unpaired) electrons. The van der Waals surface area contributed by atoms with Crippen LogP contribution in [0.3, 0.4) is 0 Å². The fourth-order valence-electron chi connectivity index (χ4n) is 0.811. The van der Waals surface area contributed by atoms with Crippen LogP contribution < -0.4 is 0 Å². The molecule has 0 aliphatic carbocycles. The van der Waals surface area contributed by atoms with Crippen LogP contribution in [-0.2, 0) is 0 Å². The molecule has 0 aromatic carbocycles. The van der Waals surface area contributed by atoms with Gasteiger partial charge in [0.15, 0.2) is 0 Å². The molecule has 2 nitrogen and oxygen atoms in total. The lowest BCUT2D eigenvalue weighted by Gasteiger charge is -1.96. The van der Waals surface area contributed by atoms with Crippen molar-refractivity contribution in [2.24, 2.45) is 0 Å². The highest BCUT2D eigenvalue weighted by Gasteiger charge is 1.92. The lowest BCUT2D eigenvalue weighted by Crippen LogP contribution is -1.87. The zero-order valence-corrected chi connectivity index (χ0v) is 9.64. The second-order valence-electron chi connectivity index (χ2n) is 2.27. The molecule has 0 bridgehead atoms. The first-order chi connectivity index (χ1) is 6.24. The first-order valence-corrected chi connectivity index (χ1v) is 4.91. The van der Waals surface area contributed by atoms with E-state index in [2.05, 4.69) is 20.8 Å². The Balaban J connectivity index is 0.000000671. The zero-order valence-electron chi connectivity index (χ0n) is 8.49. The number of hydrogen-bond acceptors (Lipinski definition) is 1. The van der Waals surface area contributed by atoms with Gasteiger partial charge in [0, 0.05) is 18.6 Å². The maximum absolute atomic E-state index is 4.08. The van der Waals surface area contributed by atoms with Crippen molar-refractivity contribution in [1.82, 2.24) is 9.55 Å². The molecule has 1 atom stereocenters. The molecule has 0 saturated heterocycles. The molecule has 72 valence electrons. The summed E-state index contributed by atoms with van der Waals surface area (Å²) in [6, 6.07) is 0. The average molecular weight is 196 g/mol. The summed E-state index contributed by atoms with van der Waals surface area (Å²) in [5, 5.41) is 1.16. The van der Waals surface area contributed by atoms with Crippen molar-refractivity contribution in [3.63, 3.8) is 0 Å². The van der Waals surface area contributed by atoms with Gasteiger partial charge in [-0.2, -0.15) is 0 Å². The van der Waals surface area contributed by atoms with Gasteiger partial charge in [-0.15, -0.1) is 9.24 Å². The van der Waals surface area contributed by atoms with Gasteiger partial charge in [-0.1, -0.05) is 20.4 Å². The monoisotopic (exact) mass is 196 g/mol. The molecule has 0 spiro atoms. The Kier molecular flexibility index (Phi) is 6.17. The predicted molar refractivity (Wildman–Crippen MR) is 63.3 cm³/mol. The lowest BCUT2D eigenvalue weighted by molar-refractivity contribution is 1.10. The molecule has 0 aliphatic heterocycles. The summed E-state index contributed by atoms with van der Waals surface area (Å²) in [5.41, 5.74) is 0. The highest BCUT2D eigenvalue weighted by molar-refractivity contribution is 7.22. The van der Waals surface area contributed by atoms with Crippen LogP contribution in [0, 0.1) is 0 Å². The van der Waals surface area contributed by atoms with E-state index in [1.165, 1.54) is 0 Å². The number of rotatable bonds is 2. The Labute approximate surface area is 82.6 Å². The minimum absolute atomic E-state index is 0.867. The van der Waals surface area contributed by atoms with Gasteiger partial charge in [0.25, 0.3) is 0 Å². The smallest absolute Gasteiger partial charge is 0.136 e. The molecule has 13 heavy (non-hydrogen) atoms. The third-order valence-corrected chi connectivity index (χ3v) is 1.37. The molecular weight excluding hydrogens is 179 g/mol. The minimum atomic E-state index is 0.867. The van der Waals surface area contributed by atoms with Gasteiger partial charge in [-0.25, -0.2) is 4.98 Å². The Bertz CT molecular complexity index is 283. The predicted octanol–water partition coefficient (Wildman–Crippen LogP) is 3.25. The van der Waals surface area contributed by atoms with Crippen LogP contribution in [0.25, 0.3) is 12.3 Å². The van der Waals surface area contributed by atoms with E-state index < -0.39 is 0 Å². The lowest BCUT2D eigenvalue weighted by atomic mass is 10.5. The van der Waals surface area contributed by atoms with E-state index in [0.29, 0.717) is 0 Å². The number of aromatic nitrogens is 2. The SMILES string of the molecule is C=Cc1nccn1/C=C(\C)P.CC. The Morgan fingerprint density at radius 2 is 2.23 bits per heavy atom. The quantitative estimate of drug-likeness (QED) is 0.664. The second kappa shape index (κ2) is 6.62. The van der Waals surface area contributed by atoms with Crippen molar-refractivity contribution in [3.8, 4) is 0 Å². The van der Waals surface area contributed by atoms with Crippen molar-refractivity contribution >= 4 is 21.5 Å². The summed E-state index contributed by atoms with van der Waals surface area (Å²) in [5.74, 6) is 0.867. The number of nitrogens with zero attached hydrogens (tertiary/aromatic N) is 2. The van der Waals surface area contributed by atoms with Gasteiger partial charge < -0.3 is 4.57 Å². The van der Waals surface area contributed by atoms with Crippen molar-refractivity contribution in [2.75, 3.05) is 0 Å². The Hall–Kier alpha value is -0.880. The molecule has 1 heterocycles. The van der Waals surface area contributed by atoms with Crippen LogP contribution >= 0.6 is 9.24 Å². The van der Waals surface area contributed by atoms with E-state index in [-0.39, 0.29) is 0 Å². The van der Waals surface area contributed by atoms with Crippen LogP contribution in [-0.4, -0.2) is 9.55 Å². The van der Waals surface area contributed by atoms with E-state index in [4.69, 9.17) is 0 Å². The van der Waals surface area contributed by atoms with E-state index >= 15 is 0 Å². The maximum atomic E-state index is 4.08. The highest BCUT2D eigenvalue weighted by Crippen LogP contribution is 2.07. The molecule has 1 aromatic rings. The highest BCUT2D eigenvalue weighted by atomic mass is 31.0. The summed E-state index contributed by atoms with van der Waals surface area (Å²) in [6.45, 7) is 9.66. The molecule has 3 heteroatoms. The summed E-state index contributed by atoms with van der Waals surface area (Å²) < 4.78 is 1.93. The molecular formula is C10H17N2P. The van der Waals surface area contributed by atoms with Crippen LogP contribution in [0.2, 0.25) is 0 Å². The van der Waals surface area contributed by atoms with E-state index in [1.54, 1.807) is 12.3 Å². The third kappa shape index (κ3) is 4.05. The molecule has 0 N–H and O–H groups in total. The molecule has 0 aliphatic rings. The summed E-state index contributed by atoms with van der Waals surface area (Å²) in [7, 11) is 2.62. The number of hydrogen-bond donors (Lipinski definition) is 0. The Morgan fingerprint density at radius 3 is 2.69 bits per heavy atom. The van der Waals surface area contributed by atoms with Gasteiger partial charge in [0.2, 0.25) is 0 Å². The van der Waals surface area contributed by atoms with Crippen LogP contribution in [0.4, 0.5) is 0 Å². The molecule has 1 rings (SSSR count). The van der Waals surface area contributed by atoms with Crippen molar-refractivity contribution < 1.29 is 0 Å². The first-order valence-electron chi connectivity index (χ1n) is 4.33. The van der Waals surface area contributed by atoms with Gasteiger partial charge >= 0.3 is 0 Å². The zero-order chi connectivity index (χ0) is 10.3. The molecule has 1 aromatic heterocycles. The van der Waals surface area contributed by atoms with Crippen molar-refractivity contribution in [2.45, 2.75) is 20.8 Å². The molecule has 0 saturated carbocycles. The number of allylic oxidation sites excluding steroid dienone is 1. The summed E-state index contributed by atoms with van der Waals surface area (Å²) in [6.07, 6.45) is 7.35. The first kappa shape index (κ1) is 12.1. The van der Waals surface area contributed by atoms with E-state index in [1.807, 2.05) is 37.7 Å². The van der Waals surface area contributed by atoms with Gasteiger partial charge in [-0.05, 0) is 18.3 Å². The van der Waals surface area contributed by atoms with Crippen molar-refractivity contribution in [3.05, 3.63) is 30.1 Å². The fourth-order valence-corrected chi connectivity index (χ4v) is 0.972. The Morgan fingerprint density at radius 1 is 1.62 bits per heavy atom. The standard InChI is InChI=1S/C8H11N2P.C2H6/c1-3-8-9-4-5-10(8)6-7(2)11;1-2/h3-6H,1,11H2,2H3;1-2H3/b7-6+;. The van der Waals surface area contributed by atoms with E-state index in [0.717, 1.165) is 11.1 Å². The summed E-state index contributed by atoms with van der Waals surface area (Å²) in [4.78, 5) is 4.08. The normalized spacial score (nSPS) is 10.3. The molecule has 0 amide bonds. The van der Waals surface area contributed by atoms with Gasteiger partial charge in [0.05, 0.1) is 0 Å². The van der Waals surface area contributed by atoms with E-state index in [9.17, 15) is 0 Å². The van der Waals surface area contributed by atoms with Crippen LogP contribution in [0.15, 0.2) is 24.3 Å². The van der Waals surface area contributed by atoms with Gasteiger partial charge in [-0.3, -0.25) is 0 Å².